The molecular weight excluding hydrogens is 502 g/mol. The maximum atomic E-state index is 14.0. The molecule has 0 bridgehead atoms. The standard InChI is InChI=1S/C28H41N5O6/c1-19-17-32(25(36)39-26(2,3)4)13-8-14-33(19)24-30-18-29-23(31-24)21(34)20-9-7-11-27(22(20)35)10-5-6-12-28(27)37-15-16-38-28/h18-20H,5-17H2,1-4H3/t19-,20-,27-/m0/s1. The van der Waals surface area contributed by atoms with Gasteiger partial charge in [0.25, 0.3) is 0 Å². The van der Waals surface area contributed by atoms with E-state index >= 15 is 0 Å². The van der Waals surface area contributed by atoms with Crippen molar-refractivity contribution in [2.45, 2.75) is 96.5 Å². The number of fused-ring (bicyclic) bond motifs is 1. The molecule has 0 N–H and O–H groups in total. The molecular formula is C28H41N5O6. The van der Waals surface area contributed by atoms with Crippen molar-refractivity contribution in [2.24, 2.45) is 11.3 Å². The second kappa shape index (κ2) is 10.7. The molecule has 5 rings (SSSR count). The first kappa shape index (κ1) is 27.9. The first-order chi connectivity index (χ1) is 18.6. The van der Waals surface area contributed by atoms with Crippen LogP contribution in [0, 0.1) is 11.3 Å². The van der Waals surface area contributed by atoms with Crippen molar-refractivity contribution >= 4 is 23.6 Å². The molecule has 11 heteroatoms. The monoisotopic (exact) mass is 543 g/mol. The highest BCUT2D eigenvalue weighted by molar-refractivity contribution is 6.11. The third-order valence-electron chi connectivity index (χ3n) is 8.58. The Morgan fingerprint density at radius 3 is 2.49 bits per heavy atom. The Labute approximate surface area is 230 Å². The fourth-order valence-corrected chi connectivity index (χ4v) is 6.81. The van der Waals surface area contributed by atoms with Gasteiger partial charge in [-0.1, -0.05) is 12.8 Å². The highest BCUT2D eigenvalue weighted by Gasteiger charge is 2.63. The quantitative estimate of drug-likeness (QED) is 0.413. The van der Waals surface area contributed by atoms with Gasteiger partial charge in [0.1, 0.15) is 11.9 Å². The number of ketones is 2. The smallest absolute Gasteiger partial charge is 0.410 e. The van der Waals surface area contributed by atoms with Crippen LogP contribution in [0.25, 0.3) is 0 Å². The molecule has 214 valence electrons. The predicted octanol–water partition coefficient (Wildman–Crippen LogP) is 3.56. The Morgan fingerprint density at radius 1 is 1.03 bits per heavy atom. The van der Waals surface area contributed by atoms with Crippen molar-refractivity contribution in [3.8, 4) is 0 Å². The van der Waals surface area contributed by atoms with Crippen molar-refractivity contribution in [1.82, 2.24) is 19.9 Å². The number of hydrogen-bond acceptors (Lipinski definition) is 10. The zero-order valence-electron chi connectivity index (χ0n) is 23.6. The summed E-state index contributed by atoms with van der Waals surface area (Å²) in [6.07, 6.45) is 6.83. The second-order valence-electron chi connectivity index (χ2n) is 12.3. The van der Waals surface area contributed by atoms with Crippen LogP contribution in [0.2, 0.25) is 0 Å². The molecule has 0 aromatic carbocycles. The van der Waals surface area contributed by atoms with Crippen molar-refractivity contribution in [1.29, 1.82) is 0 Å². The minimum absolute atomic E-state index is 0.00830. The number of ether oxygens (including phenoxy) is 3. The van der Waals surface area contributed by atoms with E-state index in [0.717, 1.165) is 19.3 Å². The van der Waals surface area contributed by atoms with Gasteiger partial charge in [0, 0.05) is 32.1 Å². The Kier molecular flexibility index (Phi) is 7.67. The predicted molar refractivity (Wildman–Crippen MR) is 141 cm³/mol. The first-order valence-electron chi connectivity index (χ1n) is 14.4. The summed E-state index contributed by atoms with van der Waals surface area (Å²) >= 11 is 0. The van der Waals surface area contributed by atoms with Gasteiger partial charge in [0.15, 0.2) is 11.6 Å². The van der Waals surface area contributed by atoms with Crippen LogP contribution in [-0.4, -0.2) is 87.8 Å². The molecule has 2 spiro atoms. The number of rotatable bonds is 3. The topological polar surface area (TPSA) is 124 Å². The number of anilines is 1. The van der Waals surface area contributed by atoms with Gasteiger partial charge in [0.2, 0.25) is 17.6 Å². The summed E-state index contributed by atoms with van der Waals surface area (Å²) < 4.78 is 17.8. The minimum atomic E-state index is -0.910. The summed E-state index contributed by atoms with van der Waals surface area (Å²) in [6.45, 7) is 10.1. The van der Waals surface area contributed by atoms with E-state index in [9.17, 15) is 14.4 Å². The third kappa shape index (κ3) is 5.27. The van der Waals surface area contributed by atoms with E-state index in [2.05, 4.69) is 15.0 Å². The molecule has 4 fully saturated rings. The van der Waals surface area contributed by atoms with Gasteiger partial charge in [-0.05, 0) is 59.8 Å². The second-order valence-corrected chi connectivity index (χ2v) is 12.3. The summed E-state index contributed by atoms with van der Waals surface area (Å²) in [6, 6.07) is -0.108. The Balaban J connectivity index is 1.33. The van der Waals surface area contributed by atoms with Crippen molar-refractivity contribution in [3.63, 3.8) is 0 Å². The van der Waals surface area contributed by atoms with Gasteiger partial charge in [-0.25, -0.2) is 14.8 Å². The largest absolute Gasteiger partial charge is 0.444 e. The maximum Gasteiger partial charge on any atom is 0.410 e. The van der Waals surface area contributed by atoms with E-state index in [1.807, 2.05) is 32.6 Å². The Hall–Kier alpha value is -2.66. The van der Waals surface area contributed by atoms with Crippen LogP contribution < -0.4 is 4.90 Å². The van der Waals surface area contributed by atoms with Gasteiger partial charge in [-0.3, -0.25) is 9.59 Å². The molecule has 2 saturated carbocycles. The van der Waals surface area contributed by atoms with Gasteiger partial charge < -0.3 is 24.0 Å². The third-order valence-corrected chi connectivity index (χ3v) is 8.58. The normalized spacial score (nSPS) is 29.5. The summed E-state index contributed by atoms with van der Waals surface area (Å²) in [7, 11) is 0. The lowest BCUT2D eigenvalue weighted by Gasteiger charge is -2.51. The molecule has 1 amide bonds. The van der Waals surface area contributed by atoms with Gasteiger partial charge in [0.05, 0.1) is 24.5 Å². The molecule has 2 saturated heterocycles. The number of carbonyl (C=O) groups excluding carboxylic acids is 3. The Bertz CT molecular complexity index is 1100. The number of aromatic nitrogens is 3. The average molecular weight is 544 g/mol. The number of nitrogens with zero attached hydrogens (tertiary/aromatic N) is 5. The van der Waals surface area contributed by atoms with E-state index in [1.54, 1.807) is 4.90 Å². The molecule has 1 aromatic rings. The SMILES string of the molecule is C[C@H]1CN(C(=O)OC(C)(C)C)CCCN1c1ncnc(C(=O)[C@@H]2CCC[C@@]3(CCCCC34OCCO4)C2=O)n1. The molecule has 3 heterocycles. The lowest BCUT2D eigenvalue weighted by atomic mass is 9.57. The van der Waals surface area contributed by atoms with Gasteiger partial charge in [-0.15, -0.1) is 0 Å². The molecule has 0 radical (unpaired) electrons. The lowest BCUT2D eigenvalue weighted by Crippen LogP contribution is -2.60. The summed E-state index contributed by atoms with van der Waals surface area (Å²) in [5, 5.41) is 0. The zero-order valence-corrected chi connectivity index (χ0v) is 23.6. The van der Waals surface area contributed by atoms with Crippen molar-refractivity contribution in [3.05, 3.63) is 12.2 Å². The molecule has 2 aliphatic carbocycles. The number of amides is 1. The summed E-state index contributed by atoms with van der Waals surface area (Å²) in [4.78, 5) is 57.3. The van der Waals surface area contributed by atoms with Crippen LogP contribution in [0.3, 0.4) is 0 Å². The van der Waals surface area contributed by atoms with Crippen LogP contribution in [0.1, 0.15) is 89.7 Å². The van der Waals surface area contributed by atoms with E-state index in [1.165, 1.54) is 6.33 Å². The van der Waals surface area contributed by atoms with Gasteiger partial charge >= 0.3 is 6.09 Å². The maximum absolute atomic E-state index is 14.0. The zero-order chi connectivity index (χ0) is 27.8. The van der Waals surface area contributed by atoms with E-state index in [-0.39, 0.29) is 29.5 Å². The van der Waals surface area contributed by atoms with Crippen LogP contribution in [0.15, 0.2) is 6.33 Å². The number of hydrogen-bond donors (Lipinski definition) is 0. The van der Waals surface area contributed by atoms with E-state index in [4.69, 9.17) is 14.2 Å². The molecule has 4 aliphatic rings. The Morgan fingerprint density at radius 2 is 1.74 bits per heavy atom. The van der Waals surface area contributed by atoms with Gasteiger partial charge in [-0.2, -0.15) is 4.98 Å². The van der Waals surface area contributed by atoms with E-state index < -0.39 is 22.7 Å². The highest BCUT2D eigenvalue weighted by atomic mass is 16.7. The molecule has 39 heavy (non-hydrogen) atoms. The molecule has 2 aliphatic heterocycles. The number of carbonyl (C=O) groups is 3. The fourth-order valence-electron chi connectivity index (χ4n) is 6.81. The molecule has 11 nitrogen and oxygen atoms in total. The fraction of sp³-hybridized carbons (Fsp3) is 0.786. The molecule has 1 aromatic heterocycles. The number of Topliss-reactive ketones (excluding diaryl/α,β-unsaturated/α-hetero) is 2. The first-order valence-corrected chi connectivity index (χ1v) is 14.4. The highest BCUT2D eigenvalue weighted by Crippen LogP contribution is 2.56. The molecule has 0 unspecified atom stereocenters. The summed E-state index contributed by atoms with van der Waals surface area (Å²) in [5.74, 6) is -1.79. The van der Waals surface area contributed by atoms with Crippen LogP contribution in [0.4, 0.5) is 10.7 Å². The average Bonchev–Trinajstić information content (AvgIpc) is 3.28. The molecule has 3 atom stereocenters. The van der Waals surface area contributed by atoms with Crippen LogP contribution in [0.5, 0.6) is 0 Å². The van der Waals surface area contributed by atoms with Crippen LogP contribution >= 0.6 is 0 Å². The summed E-state index contributed by atoms with van der Waals surface area (Å²) in [5.41, 5.74) is -1.36. The van der Waals surface area contributed by atoms with Crippen molar-refractivity contribution in [2.75, 3.05) is 37.7 Å². The van der Waals surface area contributed by atoms with Crippen LogP contribution in [-0.2, 0) is 19.0 Å². The minimum Gasteiger partial charge on any atom is -0.444 e. The van der Waals surface area contributed by atoms with Crippen molar-refractivity contribution < 1.29 is 28.6 Å². The lowest BCUT2D eigenvalue weighted by molar-refractivity contribution is -0.255. The van der Waals surface area contributed by atoms with E-state index in [0.29, 0.717) is 70.9 Å².